The van der Waals surface area contributed by atoms with E-state index in [1.54, 1.807) is 19.1 Å². The van der Waals surface area contributed by atoms with Crippen molar-refractivity contribution in [2.75, 3.05) is 17.6 Å². The number of anilines is 1. The number of rotatable bonds is 6. The first-order valence-electron chi connectivity index (χ1n) is 7.01. The molecule has 0 atom stereocenters. The molecule has 128 valence electrons. The quantitative estimate of drug-likeness (QED) is 0.600. The second kappa shape index (κ2) is 7.92. The SMILES string of the molecule is CCOC(=O)c1cc(NS(=O)(=O)c2ccc(SC)cc2)ccc1Cl. The van der Waals surface area contributed by atoms with E-state index in [1.807, 2.05) is 6.26 Å². The van der Waals surface area contributed by atoms with Gasteiger partial charge in [0.2, 0.25) is 0 Å². The summed E-state index contributed by atoms with van der Waals surface area (Å²) in [5.41, 5.74) is 0.341. The maximum atomic E-state index is 12.4. The Bertz CT molecular complexity index is 836. The van der Waals surface area contributed by atoms with Crippen molar-refractivity contribution in [1.29, 1.82) is 0 Å². The summed E-state index contributed by atoms with van der Waals surface area (Å²) in [5.74, 6) is -0.604. The van der Waals surface area contributed by atoms with Gasteiger partial charge in [0.1, 0.15) is 0 Å². The van der Waals surface area contributed by atoms with Crippen molar-refractivity contribution in [1.82, 2.24) is 0 Å². The van der Waals surface area contributed by atoms with Crippen LogP contribution >= 0.6 is 23.4 Å². The molecule has 2 rings (SSSR count). The number of esters is 1. The summed E-state index contributed by atoms with van der Waals surface area (Å²) in [6.45, 7) is 1.88. The van der Waals surface area contributed by atoms with E-state index < -0.39 is 16.0 Å². The molecule has 0 saturated heterocycles. The third-order valence-corrected chi connectivity index (χ3v) is 5.55. The normalized spacial score (nSPS) is 11.1. The van der Waals surface area contributed by atoms with Crippen LogP contribution in [0.3, 0.4) is 0 Å². The molecule has 0 amide bonds. The molecule has 5 nitrogen and oxygen atoms in total. The maximum Gasteiger partial charge on any atom is 0.339 e. The smallest absolute Gasteiger partial charge is 0.339 e. The first-order valence-corrected chi connectivity index (χ1v) is 10.1. The lowest BCUT2D eigenvalue weighted by Crippen LogP contribution is -2.14. The zero-order chi connectivity index (χ0) is 17.7. The minimum Gasteiger partial charge on any atom is -0.462 e. The number of carbonyl (C=O) groups is 1. The van der Waals surface area contributed by atoms with Crippen molar-refractivity contribution < 1.29 is 17.9 Å². The highest BCUT2D eigenvalue weighted by Gasteiger charge is 2.17. The molecule has 0 aromatic heterocycles. The minimum absolute atomic E-state index is 0.108. The Kier molecular flexibility index (Phi) is 6.15. The van der Waals surface area contributed by atoms with Gasteiger partial charge in [-0.1, -0.05) is 11.6 Å². The van der Waals surface area contributed by atoms with Crippen LogP contribution in [0.1, 0.15) is 17.3 Å². The molecule has 0 fully saturated rings. The highest BCUT2D eigenvalue weighted by molar-refractivity contribution is 7.98. The lowest BCUT2D eigenvalue weighted by atomic mass is 10.2. The Morgan fingerprint density at radius 2 is 1.88 bits per heavy atom. The van der Waals surface area contributed by atoms with Gasteiger partial charge in [-0.3, -0.25) is 4.72 Å². The van der Waals surface area contributed by atoms with Gasteiger partial charge >= 0.3 is 5.97 Å². The van der Waals surface area contributed by atoms with Crippen molar-refractivity contribution in [2.45, 2.75) is 16.7 Å². The van der Waals surface area contributed by atoms with Crippen molar-refractivity contribution in [3.05, 3.63) is 53.1 Å². The molecule has 0 radical (unpaired) electrons. The maximum absolute atomic E-state index is 12.4. The van der Waals surface area contributed by atoms with Crippen LogP contribution in [0.15, 0.2) is 52.3 Å². The van der Waals surface area contributed by atoms with Crippen LogP contribution in [0.2, 0.25) is 5.02 Å². The summed E-state index contributed by atoms with van der Waals surface area (Å²) in [6.07, 6.45) is 1.91. The summed E-state index contributed by atoms with van der Waals surface area (Å²) in [4.78, 5) is 12.9. The molecular weight excluding hydrogens is 370 g/mol. The van der Waals surface area contributed by atoms with Crippen LogP contribution in [0.25, 0.3) is 0 Å². The molecule has 24 heavy (non-hydrogen) atoms. The number of thioether (sulfide) groups is 1. The molecule has 0 saturated carbocycles. The van der Waals surface area contributed by atoms with E-state index in [1.165, 1.54) is 42.1 Å². The lowest BCUT2D eigenvalue weighted by Gasteiger charge is -2.11. The van der Waals surface area contributed by atoms with Crippen molar-refractivity contribution >= 4 is 45.0 Å². The monoisotopic (exact) mass is 385 g/mol. The Morgan fingerprint density at radius 1 is 1.21 bits per heavy atom. The first-order chi connectivity index (χ1) is 11.4. The zero-order valence-corrected chi connectivity index (χ0v) is 15.5. The first kappa shape index (κ1) is 18.6. The highest BCUT2D eigenvalue weighted by Crippen LogP contribution is 2.24. The van der Waals surface area contributed by atoms with Crippen LogP contribution in [0, 0.1) is 0 Å². The Labute approximate surface area is 150 Å². The van der Waals surface area contributed by atoms with E-state index in [9.17, 15) is 13.2 Å². The molecule has 2 aromatic carbocycles. The van der Waals surface area contributed by atoms with E-state index in [0.29, 0.717) is 0 Å². The van der Waals surface area contributed by atoms with Gasteiger partial charge in [-0.2, -0.15) is 0 Å². The van der Waals surface area contributed by atoms with Gasteiger partial charge in [-0.25, -0.2) is 13.2 Å². The van der Waals surface area contributed by atoms with E-state index in [4.69, 9.17) is 16.3 Å². The third-order valence-electron chi connectivity index (χ3n) is 3.08. The molecular formula is C16H16ClNO4S2. The average molecular weight is 386 g/mol. The predicted molar refractivity (Wildman–Crippen MR) is 96.4 cm³/mol. The standard InChI is InChI=1S/C16H16ClNO4S2/c1-3-22-16(19)14-10-11(4-9-15(14)17)18-24(20,21)13-7-5-12(23-2)6-8-13/h4-10,18H,3H2,1-2H3. The highest BCUT2D eigenvalue weighted by atomic mass is 35.5. The minimum atomic E-state index is -3.76. The molecule has 1 N–H and O–H groups in total. The summed E-state index contributed by atoms with van der Waals surface area (Å²) in [6, 6.07) is 10.8. The molecule has 0 bridgehead atoms. The number of hydrogen-bond acceptors (Lipinski definition) is 5. The second-order valence-electron chi connectivity index (χ2n) is 4.70. The zero-order valence-electron chi connectivity index (χ0n) is 13.1. The van der Waals surface area contributed by atoms with E-state index in [-0.39, 0.29) is 27.8 Å². The Morgan fingerprint density at radius 3 is 2.46 bits per heavy atom. The molecule has 8 heteroatoms. The number of halogens is 1. The number of sulfonamides is 1. The van der Waals surface area contributed by atoms with Crippen molar-refractivity contribution in [2.24, 2.45) is 0 Å². The molecule has 0 unspecified atom stereocenters. The molecule has 0 heterocycles. The van der Waals surface area contributed by atoms with E-state index >= 15 is 0 Å². The molecule has 0 aliphatic heterocycles. The summed E-state index contributed by atoms with van der Waals surface area (Å²) in [5, 5.41) is 0.195. The number of carbonyl (C=O) groups excluding carboxylic acids is 1. The summed E-state index contributed by atoms with van der Waals surface area (Å²) < 4.78 is 32.2. The van der Waals surface area contributed by atoms with Crippen LogP contribution in [0.5, 0.6) is 0 Å². The molecule has 0 spiro atoms. The number of nitrogens with one attached hydrogen (secondary N) is 1. The van der Waals surface area contributed by atoms with Crippen LogP contribution in [-0.4, -0.2) is 27.2 Å². The molecule has 0 aliphatic carbocycles. The second-order valence-corrected chi connectivity index (χ2v) is 7.67. The third kappa shape index (κ3) is 4.43. The number of hydrogen-bond donors (Lipinski definition) is 1. The predicted octanol–water partition coefficient (Wildman–Crippen LogP) is 4.04. The lowest BCUT2D eigenvalue weighted by molar-refractivity contribution is 0.0526. The van der Waals surface area contributed by atoms with Crippen molar-refractivity contribution in [3.8, 4) is 0 Å². The number of benzene rings is 2. The van der Waals surface area contributed by atoms with Gasteiger partial charge in [-0.05, 0) is 55.6 Å². The summed E-state index contributed by atoms with van der Waals surface area (Å²) in [7, 11) is -3.76. The van der Waals surface area contributed by atoms with Gasteiger partial charge < -0.3 is 4.74 Å². The van der Waals surface area contributed by atoms with E-state index in [2.05, 4.69) is 4.72 Å². The van der Waals surface area contributed by atoms with E-state index in [0.717, 1.165) is 4.90 Å². The fourth-order valence-electron chi connectivity index (χ4n) is 1.92. The van der Waals surface area contributed by atoms with Gasteiger partial charge in [-0.15, -0.1) is 11.8 Å². The molecule has 2 aromatic rings. The van der Waals surface area contributed by atoms with Gasteiger partial charge in [0, 0.05) is 10.6 Å². The molecule has 0 aliphatic rings. The van der Waals surface area contributed by atoms with Gasteiger partial charge in [0.15, 0.2) is 0 Å². The van der Waals surface area contributed by atoms with Gasteiger partial charge in [0.05, 0.1) is 22.1 Å². The fraction of sp³-hybridized carbons (Fsp3) is 0.188. The largest absolute Gasteiger partial charge is 0.462 e. The van der Waals surface area contributed by atoms with Crippen LogP contribution < -0.4 is 4.72 Å². The Balaban J connectivity index is 2.28. The van der Waals surface area contributed by atoms with Crippen molar-refractivity contribution in [3.63, 3.8) is 0 Å². The topological polar surface area (TPSA) is 72.5 Å². The average Bonchev–Trinajstić information content (AvgIpc) is 2.56. The van der Waals surface area contributed by atoms with Crippen LogP contribution in [-0.2, 0) is 14.8 Å². The fourth-order valence-corrected chi connectivity index (χ4v) is 3.58. The Hall–Kier alpha value is -1.70. The number of ether oxygens (including phenoxy) is 1. The van der Waals surface area contributed by atoms with Gasteiger partial charge in [0.25, 0.3) is 10.0 Å². The van der Waals surface area contributed by atoms with Crippen LogP contribution in [0.4, 0.5) is 5.69 Å². The summed E-state index contributed by atoms with van der Waals surface area (Å²) >= 11 is 7.49.